The number of thiophene rings is 1. The molecule has 2 aromatic heterocycles. The number of carbonyl (C=O) groups is 2. The van der Waals surface area contributed by atoms with Gasteiger partial charge in [-0.25, -0.2) is 0 Å². The fraction of sp³-hybridized carbons (Fsp3) is 0.176. The molecule has 25 heavy (non-hydrogen) atoms. The van der Waals surface area contributed by atoms with Crippen LogP contribution in [0.1, 0.15) is 19.2 Å². The van der Waals surface area contributed by atoms with Crippen LogP contribution in [-0.4, -0.2) is 22.0 Å². The van der Waals surface area contributed by atoms with Crippen LogP contribution in [0.15, 0.2) is 45.6 Å². The topological polar surface area (TPSA) is 94.3 Å². The molecule has 8 heteroatoms. The van der Waals surface area contributed by atoms with Gasteiger partial charge in [0.25, 0.3) is 0 Å². The molecular weight excluding hydrogens is 342 g/mol. The van der Waals surface area contributed by atoms with Gasteiger partial charge in [-0.2, -0.15) is 16.3 Å². The van der Waals surface area contributed by atoms with Gasteiger partial charge in [-0.05, 0) is 35.7 Å². The summed E-state index contributed by atoms with van der Waals surface area (Å²) in [6, 6.07) is 8.46. The Balaban J connectivity index is 1.50. The Kier molecular flexibility index (Phi) is 5.20. The monoisotopic (exact) mass is 357 g/mol. The van der Waals surface area contributed by atoms with Crippen molar-refractivity contribution in [2.75, 3.05) is 5.32 Å². The summed E-state index contributed by atoms with van der Waals surface area (Å²) in [5.41, 5.74) is 1.53. The number of nitrogens with zero attached hydrogens (tertiary/aromatic N) is 2. The maximum Gasteiger partial charge on any atom is 0.311 e. The van der Waals surface area contributed by atoms with Crippen LogP contribution in [0.25, 0.3) is 11.4 Å². The minimum absolute atomic E-state index is 0.124. The van der Waals surface area contributed by atoms with Gasteiger partial charge < -0.3 is 14.6 Å². The number of carbonyl (C=O) groups excluding carboxylic acids is 2. The number of rotatable bonds is 6. The highest BCUT2D eigenvalue weighted by Crippen LogP contribution is 2.19. The van der Waals surface area contributed by atoms with Gasteiger partial charge >= 0.3 is 5.97 Å². The zero-order valence-corrected chi connectivity index (χ0v) is 14.2. The van der Waals surface area contributed by atoms with Crippen LogP contribution >= 0.6 is 11.3 Å². The van der Waals surface area contributed by atoms with E-state index in [1.807, 2.05) is 16.8 Å². The zero-order chi connectivity index (χ0) is 17.6. The summed E-state index contributed by atoms with van der Waals surface area (Å²) in [6.45, 7) is 1.43. The molecule has 3 rings (SSSR count). The second kappa shape index (κ2) is 7.71. The number of hydrogen-bond acceptors (Lipinski definition) is 7. The molecule has 0 radical (unpaired) electrons. The van der Waals surface area contributed by atoms with Crippen LogP contribution in [0.2, 0.25) is 0 Å². The Morgan fingerprint density at radius 2 is 2.04 bits per heavy atom. The quantitative estimate of drug-likeness (QED) is 0.537. The van der Waals surface area contributed by atoms with E-state index in [1.165, 1.54) is 6.92 Å². The average molecular weight is 357 g/mol. The summed E-state index contributed by atoms with van der Waals surface area (Å²) < 4.78 is 10.4. The van der Waals surface area contributed by atoms with E-state index in [0.29, 0.717) is 29.6 Å². The highest BCUT2D eigenvalue weighted by Gasteiger charge is 2.12. The first-order chi connectivity index (χ1) is 12.1. The second-order valence-corrected chi connectivity index (χ2v) is 5.98. The van der Waals surface area contributed by atoms with E-state index in [1.54, 1.807) is 35.6 Å². The Morgan fingerprint density at radius 1 is 1.24 bits per heavy atom. The maximum absolute atomic E-state index is 11.9. The first-order valence-corrected chi connectivity index (χ1v) is 8.48. The van der Waals surface area contributed by atoms with Gasteiger partial charge in [-0.1, -0.05) is 5.16 Å². The van der Waals surface area contributed by atoms with Crippen LogP contribution in [0.4, 0.5) is 5.69 Å². The molecule has 0 spiro atoms. The normalized spacial score (nSPS) is 10.4. The molecule has 0 saturated heterocycles. The molecule has 0 unspecified atom stereocenters. The van der Waals surface area contributed by atoms with E-state index in [2.05, 4.69) is 15.5 Å². The fourth-order valence-electron chi connectivity index (χ4n) is 2.07. The van der Waals surface area contributed by atoms with Gasteiger partial charge in [0.2, 0.25) is 17.6 Å². The lowest BCUT2D eigenvalue weighted by atomic mass is 10.3. The summed E-state index contributed by atoms with van der Waals surface area (Å²) in [5.74, 6) is 0.745. The highest BCUT2D eigenvalue weighted by molar-refractivity contribution is 7.08. The number of ether oxygens (including phenoxy) is 1. The zero-order valence-electron chi connectivity index (χ0n) is 13.4. The van der Waals surface area contributed by atoms with Gasteiger partial charge in [0.05, 0.1) is 6.42 Å². The number of amides is 1. The van der Waals surface area contributed by atoms with E-state index < -0.39 is 5.97 Å². The van der Waals surface area contributed by atoms with Crippen molar-refractivity contribution in [1.82, 2.24) is 10.1 Å². The van der Waals surface area contributed by atoms with Crippen LogP contribution in [-0.2, 0) is 16.0 Å². The largest absolute Gasteiger partial charge is 0.427 e. The molecule has 0 saturated carbocycles. The molecule has 0 fully saturated rings. The number of hydrogen-bond donors (Lipinski definition) is 1. The number of aryl methyl sites for hydroxylation is 1. The molecule has 0 aliphatic carbocycles. The van der Waals surface area contributed by atoms with Gasteiger partial charge in [-0.3, -0.25) is 9.59 Å². The van der Waals surface area contributed by atoms with Crippen molar-refractivity contribution in [3.63, 3.8) is 0 Å². The predicted molar refractivity (Wildman–Crippen MR) is 92.3 cm³/mol. The smallest absolute Gasteiger partial charge is 0.311 e. The summed E-state index contributed by atoms with van der Waals surface area (Å²) in [4.78, 5) is 27.1. The van der Waals surface area contributed by atoms with Gasteiger partial charge in [0.15, 0.2) is 0 Å². The van der Waals surface area contributed by atoms with Crippen LogP contribution in [0.5, 0.6) is 5.75 Å². The van der Waals surface area contributed by atoms with E-state index >= 15 is 0 Å². The molecule has 2 heterocycles. The molecule has 7 nitrogen and oxygen atoms in total. The van der Waals surface area contributed by atoms with E-state index in [0.717, 1.165) is 5.56 Å². The summed E-state index contributed by atoms with van der Waals surface area (Å²) in [6.07, 6.45) is 0.429. The number of aromatic nitrogens is 2. The number of benzene rings is 1. The first-order valence-electron chi connectivity index (χ1n) is 7.53. The Hall–Kier alpha value is -3.00. The average Bonchev–Trinajstić information content (AvgIpc) is 3.25. The van der Waals surface area contributed by atoms with Crippen molar-refractivity contribution in [2.24, 2.45) is 0 Å². The van der Waals surface area contributed by atoms with Crippen molar-refractivity contribution >= 4 is 28.9 Å². The molecule has 0 aliphatic rings. The van der Waals surface area contributed by atoms with E-state index in [4.69, 9.17) is 9.26 Å². The van der Waals surface area contributed by atoms with Crippen molar-refractivity contribution < 1.29 is 18.8 Å². The Morgan fingerprint density at radius 3 is 2.72 bits per heavy atom. The van der Waals surface area contributed by atoms with Gasteiger partial charge in [0.1, 0.15) is 5.75 Å². The molecule has 1 aromatic carbocycles. The molecular formula is C17H15N3O4S. The third-order valence-electron chi connectivity index (χ3n) is 3.20. The minimum atomic E-state index is -0.400. The lowest BCUT2D eigenvalue weighted by Crippen LogP contribution is -2.09. The molecule has 1 N–H and O–H groups in total. The minimum Gasteiger partial charge on any atom is -0.427 e. The SMILES string of the molecule is CC(=O)Nc1ccc(OC(=O)CCc2nc(-c3ccsc3)no2)cc1. The summed E-state index contributed by atoms with van der Waals surface area (Å²) in [7, 11) is 0. The van der Waals surface area contributed by atoms with Crippen molar-refractivity contribution in [3.8, 4) is 17.1 Å². The van der Waals surface area contributed by atoms with Crippen LogP contribution in [0.3, 0.4) is 0 Å². The van der Waals surface area contributed by atoms with Crippen LogP contribution in [0, 0.1) is 0 Å². The van der Waals surface area contributed by atoms with E-state index in [9.17, 15) is 9.59 Å². The predicted octanol–water partition coefficient (Wildman–Crippen LogP) is 3.29. The fourth-order valence-corrected chi connectivity index (χ4v) is 2.70. The second-order valence-electron chi connectivity index (χ2n) is 5.20. The Bertz CT molecular complexity index is 856. The van der Waals surface area contributed by atoms with Crippen molar-refractivity contribution in [2.45, 2.75) is 19.8 Å². The van der Waals surface area contributed by atoms with Crippen molar-refractivity contribution in [3.05, 3.63) is 47.0 Å². The van der Waals surface area contributed by atoms with Crippen LogP contribution < -0.4 is 10.1 Å². The lowest BCUT2D eigenvalue weighted by molar-refractivity contribution is -0.134. The summed E-state index contributed by atoms with van der Waals surface area (Å²) >= 11 is 1.55. The third kappa shape index (κ3) is 4.74. The standard InChI is InChI=1S/C17H15N3O4S/c1-11(21)18-13-2-4-14(5-3-13)23-16(22)7-6-15-19-17(20-24-15)12-8-9-25-10-12/h2-5,8-10H,6-7H2,1H3,(H,18,21). The molecule has 128 valence electrons. The van der Waals surface area contributed by atoms with E-state index in [-0.39, 0.29) is 12.3 Å². The summed E-state index contributed by atoms with van der Waals surface area (Å²) in [5, 5.41) is 10.4. The third-order valence-corrected chi connectivity index (χ3v) is 3.88. The molecule has 0 atom stereocenters. The molecule has 3 aromatic rings. The number of nitrogens with one attached hydrogen (secondary N) is 1. The lowest BCUT2D eigenvalue weighted by Gasteiger charge is -2.05. The van der Waals surface area contributed by atoms with Gasteiger partial charge in [0, 0.05) is 30.0 Å². The Labute approximate surface area is 147 Å². The van der Waals surface area contributed by atoms with Gasteiger partial charge in [-0.15, -0.1) is 0 Å². The molecule has 1 amide bonds. The first kappa shape index (κ1) is 16.8. The number of esters is 1. The maximum atomic E-state index is 11.9. The molecule has 0 aliphatic heterocycles. The molecule has 0 bridgehead atoms. The van der Waals surface area contributed by atoms with Crippen molar-refractivity contribution in [1.29, 1.82) is 0 Å². The number of anilines is 1. The highest BCUT2D eigenvalue weighted by atomic mass is 32.1.